The molecule has 8 nitrogen and oxygen atoms in total. The van der Waals surface area contributed by atoms with Gasteiger partial charge in [-0.2, -0.15) is 5.01 Å². The topological polar surface area (TPSA) is 108 Å². The number of rotatable bonds is 9. The molecule has 0 fully saturated rings. The zero-order valence-corrected chi connectivity index (χ0v) is 12.9. The Balaban J connectivity index is 4.66. The molecule has 1 unspecified atom stereocenters. The van der Waals surface area contributed by atoms with Crippen LogP contribution in [0.15, 0.2) is 0 Å². The van der Waals surface area contributed by atoms with Crippen molar-refractivity contribution in [3.05, 3.63) is 5.21 Å². The molecular formula is C9H21ClN3O5P. The van der Waals surface area contributed by atoms with Crippen LogP contribution in [0.2, 0.25) is 0 Å². The summed E-state index contributed by atoms with van der Waals surface area (Å²) in [5.41, 5.74) is 0.358. The van der Waals surface area contributed by atoms with E-state index >= 15 is 0 Å². The van der Waals surface area contributed by atoms with Crippen LogP contribution in [0.3, 0.4) is 0 Å². The van der Waals surface area contributed by atoms with Crippen molar-refractivity contribution in [1.29, 1.82) is 0 Å². The second kappa shape index (κ2) is 9.52. The van der Waals surface area contributed by atoms with E-state index in [4.69, 9.17) is 20.6 Å². The summed E-state index contributed by atoms with van der Waals surface area (Å²) in [6.07, 6.45) is 0. The van der Waals surface area contributed by atoms with Gasteiger partial charge in [0, 0.05) is 5.88 Å². The molecule has 19 heavy (non-hydrogen) atoms. The normalized spacial score (nSPS) is 13.1. The summed E-state index contributed by atoms with van der Waals surface area (Å²) in [7, 11) is -3.44. The maximum atomic E-state index is 12.3. The van der Waals surface area contributed by atoms with E-state index in [1.807, 2.05) is 0 Å². The van der Waals surface area contributed by atoms with Crippen molar-refractivity contribution in [1.82, 2.24) is 10.3 Å². The van der Waals surface area contributed by atoms with Gasteiger partial charge < -0.3 is 19.6 Å². The van der Waals surface area contributed by atoms with Gasteiger partial charge in [-0.25, -0.2) is 4.79 Å². The van der Waals surface area contributed by atoms with Crippen LogP contribution in [0, 0.1) is 5.21 Å². The first-order valence-electron chi connectivity index (χ1n) is 5.92. The number of carbonyl (C=O) groups is 1. The molecule has 0 aromatic heterocycles. The van der Waals surface area contributed by atoms with Crippen LogP contribution in [-0.2, 0) is 13.6 Å². The zero-order valence-electron chi connectivity index (χ0n) is 11.3. The average molecular weight is 318 g/mol. The van der Waals surface area contributed by atoms with Gasteiger partial charge in [-0.15, -0.1) is 11.6 Å². The molecule has 2 amide bonds. The second-order valence-electron chi connectivity index (χ2n) is 3.49. The quantitative estimate of drug-likeness (QED) is 0.215. The lowest BCUT2D eigenvalue weighted by atomic mass is 10.6. The van der Waals surface area contributed by atoms with Crippen molar-refractivity contribution in [2.24, 2.45) is 0 Å². The Labute approximate surface area is 117 Å². The van der Waals surface area contributed by atoms with Gasteiger partial charge in [-0.05, 0) is 20.8 Å². The summed E-state index contributed by atoms with van der Waals surface area (Å²) in [6, 6.07) is -0.692. The summed E-state index contributed by atoms with van der Waals surface area (Å²) < 4.78 is 22.5. The maximum Gasteiger partial charge on any atom is 0.362 e. The molecule has 0 aliphatic carbocycles. The zero-order chi connectivity index (χ0) is 14.9. The molecule has 0 heterocycles. The number of nitrogens with two attached hydrogens (primary N) is 1. The highest BCUT2D eigenvalue weighted by Crippen LogP contribution is 2.51. The van der Waals surface area contributed by atoms with Crippen LogP contribution in [0.4, 0.5) is 4.79 Å². The van der Waals surface area contributed by atoms with Crippen molar-refractivity contribution >= 4 is 25.2 Å². The highest BCUT2D eigenvalue weighted by atomic mass is 35.5. The molecule has 0 aromatic carbocycles. The van der Waals surface area contributed by atoms with Crippen molar-refractivity contribution in [2.45, 2.75) is 26.6 Å². The van der Waals surface area contributed by atoms with Gasteiger partial charge >= 0.3 is 13.6 Å². The molecule has 0 rings (SSSR count). The van der Waals surface area contributed by atoms with Gasteiger partial charge in [0.05, 0.1) is 19.8 Å². The van der Waals surface area contributed by atoms with Crippen LogP contribution in [0.25, 0.3) is 0 Å². The number of nitrogens with zero attached hydrogens (tertiary/aromatic N) is 1. The number of hydrogen-bond acceptors (Lipinski definition) is 5. The minimum atomic E-state index is -3.44. The van der Waals surface area contributed by atoms with E-state index in [0.717, 1.165) is 5.01 Å². The first kappa shape index (κ1) is 18.6. The van der Waals surface area contributed by atoms with Crippen LogP contribution >= 0.6 is 19.2 Å². The minimum Gasteiger partial charge on any atom is -0.609 e. The molecule has 0 aliphatic heterocycles. The number of quaternary nitrogens is 1. The molecule has 0 saturated carbocycles. The van der Waals surface area contributed by atoms with Gasteiger partial charge in [0.2, 0.25) is 0 Å². The molecule has 1 atom stereocenters. The van der Waals surface area contributed by atoms with Crippen molar-refractivity contribution < 1.29 is 24.0 Å². The van der Waals surface area contributed by atoms with E-state index in [-0.39, 0.29) is 25.6 Å². The van der Waals surface area contributed by atoms with E-state index in [2.05, 4.69) is 5.32 Å². The Morgan fingerprint density at radius 2 is 2.00 bits per heavy atom. The first-order chi connectivity index (χ1) is 8.95. The molecule has 0 saturated heterocycles. The standard InChI is InChI=1S/C9H21ClN3O5P/c1-4-17-19(16,18-5-2)8(3)11-9(14)13(12-15)7-6-10/h8H,4-7,12H2,1-3H3,(H,11,14). The molecule has 3 N–H and O–H groups in total. The number of nitrogens with one attached hydrogen (secondary N) is 1. The number of alkyl halides is 1. The highest BCUT2D eigenvalue weighted by molar-refractivity contribution is 7.54. The predicted octanol–water partition coefficient (Wildman–Crippen LogP) is 0.825. The summed E-state index contributed by atoms with van der Waals surface area (Å²) in [5, 5.41) is 14.0. The molecule has 0 spiro atoms. The minimum absolute atomic E-state index is 0.0666. The van der Waals surface area contributed by atoms with Crippen LogP contribution in [0.1, 0.15) is 20.8 Å². The monoisotopic (exact) mass is 317 g/mol. The number of urea groups is 1. The Bertz CT molecular complexity index is 310. The van der Waals surface area contributed by atoms with E-state index in [1.54, 1.807) is 13.8 Å². The van der Waals surface area contributed by atoms with E-state index in [9.17, 15) is 14.6 Å². The lowest BCUT2D eigenvalue weighted by molar-refractivity contribution is -0.731. The van der Waals surface area contributed by atoms with Crippen LogP contribution in [-0.4, -0.2) is 42.5 Å². The fourth-order valence-electron chi connectivity index (χ4n) is 1.25. The summed E-state index contributed by atoms with van der Waals surface area (Å²) in [6.45, 7) is 5.29. The largest absolute Gasteiger partial charge is 0.609 e. The van der Waals surface area contributed by atoms with Gasteiger partial charge in [-0.1, -0.05) is 0 Å². The number of amides is 2. The fraction of sp³-hybridized carbons (Fsp3) is 0.889. The van der Waals surface area contributed by atoms with Gasteiger partial charge in [0.15, 0.2) is 0 Å². The molecule has 114 valence electrons. The first-order valence-corrected chi connectivity index (χ1v) is 8.06. The lowest BCUT2D eigenvalue weighted by Crippen LogP contribution is -2.91. The number of carbonyl (C=O) groups excluding carboxylic acids is 1. The molecule has 0 aliphatic rings. The predicted molar refractivity (Wildman–Crippen MR) is 71.6 cm³/mol. The molecule has 0 bridgehead atoms. The smallest absolute Gasteiger partial charge is 0.362 e. The Morgan fingerprint density at radius 3 is 2.37 bits per heavy atom. The Kier molecular flexibility index (Phi) is 9.34. The molecule has 0 radical (unpaired) electrons. The second-order valence-corrected chi connectivity index (χ2v) is 6.24. The third kappa shape index (κ3) is 6.07. The Morgan fingerprint density at radius 1 is 1.47 bits per heavy atom. The lowest BCUT2D eigenvalue weighted by Gasteiger charge is -2.27. The highest BCUT2D eigenvalue weighted by Gasteiger charge is 2.34. The van der Waals surface area contributed by atoms with Crippen LogP contribution < -0.4 is 10.9 Å². The van der Waals surface area contributed by atoms with Crippen molar-refractivity contribution in [2.75, 3.05) is 25.6 Å². The molecule has 10 heteroatoms. The molecular weight excluding hydrogens is 297 g/mol. The van der Waals surface area contributed by atoms with E-state index in [0.29, 0.717) is 5.59 Å². The van der Waals surface area contributed by atoms with E-state index in [1.165, 1.54) is 6.92 Å². The third-order valence-electron chi connectivity index (χ3n) is 2.14. The number of halogens is 1. The molecule has 0 aromatic rings. The maximum absolute atomic E-state index is 12.3. The number of hydrogen-bond donors (Lipinski definition) is 2. The summed E-state index contributed by atoms with van der Waals surface area (Å²) in [4.78, 5) is 11.7. The van der Waals surface area contributed by atoms with Crippen LogP contribution in [0.5, 0.6) is 0 Å². The van der Waals surface area contributed by atoms with Gasteiger partial charge in [0.1, 0.15) is 5.78 Å². The summed E-state index contributed by atoms with van der Waals surface area (Å²) in [5.74, 6) is -0.743. The Hall–Kier alpha value is -0.370. The van der Waals surface area contributed by atoms with E-state index < -0.39 is 19.4 Å². The summed E-state index contributed by atoms with van der Waals surface area (Å²) >= 11 is 5.46. The third-order valence-corrected chi connectivity index (χ3v) is 4.62. The van der Waals surface area contributed by atoms with Gasteiger partial charge in [-0.3, -0.25) is 10.2 Å². The van der Waals surface area contributed by atoms with Gasteiger partial charge in [0.25, 0.3) is 0 Å². The fourth-order valence-corrected chi connectivity index (χ4v) is 2.95. The SMILES string of the molecule is CCOP(=O)(OCC)C(C)NC(=O)N(CCCl)[NH2+][O-]. The average Bonchev–Trinajstić information content (AvgIpc) is 2.36. The van der Waals surface area contributed by atoms with Crippen molar-refractivity contribution in [3.63, 3.8) is 0 Å². The van der Waals surface area contributed by atoms with Crippen molar-refractivity contribution in [3.8, 4) is 0 Å².